The van der Waals surface area contributed by atoms with E-state index in [1.54, 1.807) is 6.07 Å². The molecule has 0 bridgehead atoms. The van der Waals surface area contributed by atoms with Gasteiger partial charge in [0.25, 0.3) is 22.9 Å². The molecule has 11 heteroatoms. The van der Waals surface area contributed by atoms with Crippen molar-refractivity contribution in [1.82, 2.24) is 25.8 Å². The van der Waals surface area contributed by atoms with Crippen LogP contribution in [0.3, 0.4) is 0 Å². The monoisotopic (exact) mass is 414 g/mol. The average Bonchev–Trinajstić information content (AvgIpc) is 3.47. The van der Waals surface area contributed by atoms with Gasteiger partial charge in [0.05, 0.1) is 6.42 Å². The summed E-state index contributed by atoms with van der Waals surface area (Å²) in [4.78, 5) is 62.4. The maximum Gasteiger partial charge on any atom is 0.270 e. The molecule has 30 heavy (non-hydrogen) atoms. The third-order valence-corrected chi connectivity index (χ3v) is 4.87. The fourth-order valence-corrected chi connectivity index (χ4v) is 3.07. The minimum atomic E-state index is -0.705. The van der Waals surface area contributed by atoms with Crippen LogP contribution < -0.4 is 27.5 Å². The van der Waals surface area contributed by atoms with Crippen LogP contribution in [0.15, 0.2) is 33.9 Å². The molecule has 2 aromatic heterocycles. The molecule has 1 fully saturated rings. The van der Waals surface area contributed by atoms with E-state index in [1.165, 1.54) is 12.1 Å². The first-order valence-corrected chi connectivity index (χ1v) is 9.45. The molecule has 0 atom stereocenters. The number of rotatable bonds is 9. The number of hydrogen-bond donors (Lipinski definition) is 5. The van der Waals surface area contributed by atoms with E-state index in [0.717, 1.165) is 18.9 Å². The Balaban J connectivity index is 1.45. The highest BCUT2D eigenvalue weighted by Gasteiger charge is 2.43. The lowest BCUT2D eigenvalue weighted by molar-refractivity contribution is -0.120. The van der Waals surface area contributed by atoms with E-state index in [2.05, 4.69) is 25.8 Å². The largest absolute Gasteiger partial charge is 0.364 e. The number of primary amides is 1. The number of aromatic nitrogens is 3. The van der Waals surface area contributed by atoms with Gasteiger partial charge in [-0.25, -0.2) is 4.98 Å². The molecule has 0 aliphatic heterocycles. The van der Waals surface area contributed by atoms with Crippen LogP contribution in [0.2, 0.25) is 0 Å². The van der Waals surface area contributed by atoms with Crippen LogP contribution >= 0.6 is 0 Å². The number of nitrogens with zero attached hydrogens (tertiary/aromatic N) is 1. The predicted molar refractivity (Wildman–Crippen MR) is 106 cm³/mol. The summed E-state index contributed by atoms with van der Waals surface area (Å²) in [7, 11) is 0. The summed E-state index contributed by atoms with van der Waals surface area (Å²) >= 11 is 0. The molecule has 1 saturated carbocycles. The molecule has 3 amide bonds. The Labute approximate surface area is 170 Å². The zero-order valence-corrected chi connectivity index (χ0v) is 16.1. The van der Waals surface area contributed by atoms with Gasteiger partial charge >= 0.3 is 0 Å². The van der Waals surface area contributed by atoms with Crippen LogP contribution in [-0.2, 0) is 11.2 Å². The highest BCUT2D eigenvalue weighted by atomic mass is 16.2. The molecule has 11 nitrogen and oxygen atoms in total. The van der Waals surface area contributed by atoms with Gasteiger partial charge < -0.3 is 16.4 Å². The molecular formula is C19H22N6O5. The van der Waals surface area contributed by atoms with E-state index in [4.69, 9.17) is 5.73 Å². The maximum absolute atomic E-state index is 12.4. The second-order valence-corrected chi connectivity index (χ2v) is 7.25. The van der Waals surface area contributed by atoms with Crippen molar-refractivity contribution in [3.63, 3.8) is 0 Å². The molecule has 0 radical (unpaired) electrons. The number of nitrogens with two attached hydrogens (primary N) is 1. The zero-order chi connectivity index (χ0) is 21.7. The average molecular weight is 414 g/mol. The van der Waals surface area contributed by atoms with Crippen LogP contribution in [0.4, 0.5) is 0 Å². The summed E-state index contributed by atoms with van der Waals surface area (Å²) in [6.45, 7) is 0.368. The van der Waals surface area contributed by atoms with Crippen molar-refractivity contribution in [3.8, 4) is 0 Å². The van der Waals surface area contributed by atoms with Gasteiger partial charge in [0.15, 0.2) is 0 Å². The molecule has 0 saturated heterocycles. The first-order chi connectivity index (χ1) is 14.3. The second kappa shape index (κ2) is 8.72. The minimum absolute atomic E-state index is 0.0226. The van der Waals surface area contributed by atoms with Crippen molar-refractivity contribution < 1.29 is 14.4 Å². The summed E-state index contributed by atoms with van der Waals surface area (Å²) in [5.41, 5.74) is 4.07. The second-order valence-electron chi connectivity index (χ2n) is 7.25. The van der Waals surface area contributed by atoms with E-state index < -0.39 is 17.0 Å². The van der Waals surface area contributed by atoms with Crippen molar-refractivity contribution in [3.05, 3.63) is 61.9 Å². The summed E-state index contributed by atoms with van der Waals surface area (Å²) in [5.74, 6) is -1.45. The molecular weight excluding hydrogens is 392 g/mol. The molecule has 158 valence electrons. The number of carbonyl (C=O) groups is 3. The minimum Gasteiger partial charge on any atom is -0.364 e. The van der Waals surface area contributed by atoms with E-state index in [0.29, 0.717) is 19.4 Å². The standard InChI is InChI=1S/C19H22N6O5/c20-16(28)12-3-1-4-13(22-12)18(30)23-19(6-7-19)5-2-8-21-14(26)9-11-10-15(27)24-25-17(11)29/h1,3-4,10H,2,5-9H2,(H2,20,28)(H,21,26)(H,23,30)(H,24,27)(H,25,29). The van der Waals surface area contributed by atoms with Gasteiger partial charge in [-0.2, -0.15) is 0 Å². The van der Waals surface area contributed by atoms with Gasteiger partial charge in [-0.1, -0.05) is 6.07 Å². The molecule has 6 N–H and O–H groups in total. The van der Waals surface area contributed by atoms with Crippen molar-refractivity contribution in [1.29, 1.82) is 0 Å². The van der Waals surface area contributed by atoms with E-state index in [-0.39, 0.29) is 40.7 Å². The first-order valence-electron chi connectivity index (χ1n) is 9.45. The SMILES string of the molecule is NC(=O)c1cccc(C(=O)NC2(CCCNC(=O)Cc3cc(=O)[nH][nH]c3=O)CC2)n1. The number of aromatic amines is 2. The third kappa shape index (κ3) is 5.40. The van der Waals surface area contributed by atoms with Gasteiger partial charge in [-0.3, -0.25) is 34.2 Å². The van der Waals surface area contributed by atoms with Gasteiger partial charge in [0.2, 0.25) is 5.91 Å². The summed E-state index contributed by atoms with van der Waals surface area (Å²) in [6.07, 6.45) is 2.70. The van der Waals surface area contributed by atoms with E-state index in [1.807, 2.05) is 0 Å². The van der Waals surface area contributed by atoms with Crippen molar-refractivity contribution in [2.45, 2.75) is 37.6 Å². The number of carbonyl (C=O) groups excluding carboxylic acids is 3. The lowest BCUT2D eigenvalue weighted by atomic mass is 10.1. The van der Waals surface area contributed by atoms with Gasteiger partial charge in [0.1, 0.15) is 11.4 Å². The Morgan fingerprint density at radius 3 is 2.57 bits per heavy atom. The number of nitrogens with one attached hydrogen (secondary N) is 4. The molecule has 1 aliphatic carbocycles. The first kappa shape index (κ1) is 21.0. The zero-order valence-electron chi connectivity index (χ0n) is 16.1. The van der Waals surface area contributed by atoms with Crippen molar-refractivity contribution >= 4 is 17.7 Å². The highest BCUT2D eigenvalue weighted by molar-refractivity contribution is 5.96. The number of amides is 3. The molecule has 1 aliphatic rings. The molecule has 2 heterocycles. The van der Waals surface area contributed by atoms with Gasteiger partial charge in [0, 0.05) is 23.7 Å². The molecule has 2 aromatic rings. The lowest BCUT2D eigenvalue weighted by Gasteiger charge is -2.17. The molecule has 0 unspecified atom stereocenters. The molecule has 0 spiro atoms. The number of pyridine rings is 1. The molecule has 0 aromatic carbocycles. The quantitative estimate of drug-likeness (QED) is 0.327. The van der Waals surface area contributed by atoms with Crippen LogP contribution in [-0.4, -0.2) is 45.0 Å². The smallest absolute Gasteiger partial charge is 0.270 e. The van der Waals surface area contributed by atoms with Crippen LogP contribution in [0.1, 0.15) is 52.2 Å². The Morgan fingerprint density at radius 1 is 1.13 bits per heavy atom. The van der Waals surface area contributed by atoms with Crippen LogP contribution in [0.25, 0.3) is 0 Å². The van der Waals surface area contributed by atoms with Crippen LogP contribution in [0, 0.1) is 0 Å². The van der Waals surface area contributed by atoms with Crippen molar-refractivity contribution in [2.75, 3.05) is 6.54 Å². The van der Waals surface area contributed by atoms with Crippen molar-refractivity contribution in [2.24, 2.45) is 5.73 Å². The summed E-state index contributed by atoms with van der Waals surface area (Å²) in [6, 6.07) is 5.58. The number of hydrogen-bond acceptors (Lipinski definition) is 6. The maximum atomic E-state index is 12.4. The Morgan fingerprint density at radius 2 is 1.87 bits per heavy atom. The molecule has 3 rings (SSSR count). The lowest BCUT2D eigenvalue weighted by Crippen LogP contribution is -2.38. The van der Waals surface area contributed by atoms with Gasteiger partial charge in [-0.05, 0) is 37.8 Å². The summed E-state index contributed by atoms with van der Waals surface area (Å²) in [5, 5.41) is 9.95. The third-order valence-electron chi connectivity index (χ3n) is 4.87. The number of H-pyrrole nitrogens is 2. The van der Waals surface area contributed by atoms with Crippen LogP contribution in [0.5, 0.6) is 0 Å². The Hall–Kier alpha value is -3.76. The normalized spacial score (nSPS) is 14.0. The summed E-state index contributed by atoms with van der Waals surface area (Å²) < 4.78 is 0. The Bertz CT molecular complexity index is 1090. The highest BCUT2D eigenvalue weighted by Crippen LogP contribution is 2.39. The fraction of sp³-hybridized carbons (Fsp3) is 0.368. The Kier molecular flexibility index (Phi) is 6.09. The topological polar surface area (TPSA) is 180 Å². The van der Waals surface area contributed by atoms with E-state index in [9.17, 15) is 24.0 Å². The van der Waals surface area contributed by atoms with E-state index >= 15 is 0 Å². The van der Waals surface area contributed by atoms with Gasteiger partial charge in [-0.15, -0.1) is 0 Å². The predicted octanol–water partition coefficient (Wildman–Crippen LogP) is -1.04. The fourth-order valence-electron chi connectivity index (χ4n) is 3.07.